The molecular weight excluding hydrogens is 190 g/mol. The van der Waals surface area contributed by atoms with Crippen LogP contribution in [0.4, 0.5) is 0 Å². The van der Waals surface area contributed by atoms with E-state index < -0.39 is 10.8 Å². The molecule has 2 N–H and O–H groups in total. The van der Waals surface area contributed by atoms with Gasteiger partial charge >= 0.3 is 0 Å². The molecule has 0 radical (unpaired) electrons. The van der Waals surface area contributed by atoms with Crippen molar-refractivity contribution in [3.05, 3.63) is 0 Å². The maximum Gasteiger partial charge on any atom is 0.223 e. The fourth-order valence-electron chi connectivity index (χ4n) is 2.18. The Kier molecular flexibility index (Phi) is 2.94. The molecule has 0 unspecified atom stereocenters. The number of nitrogens with two attached hydrogens (primary N) is 1. The number of primary amides is 1. The lowest BCUT2D eigenvalue weighted by atomic mass is 9.71. The summed E-state index contributed by atoms with van der Waals surface area (Å²) < 4.78 is 0. The minimum atomic E-state index is -0.603. The van der Waals surface area contributed by atoms with Crippen molar-refractivity contribution in [2.24, 2.45) is 22.5 Å². The second kappa shape index (κ2) is 3.62. The molecule has 1 saturated carbocycles. The van der Waals surface area contributed by atoms with Crippen LogP contribution in [0.1, 0.15) is 47.0 Å². The van der Waals surface area contributed by atoms with Gasteiger partial charge in [0, 0.05) is 16.7 Å². The van der Waals surface area contributed by atoms with E-state index in [1.54, 1.807) is 13.8 Å². The summed E-state index contributed by atoms with van der Waals surface area (Å²) in [5.74, 6) is 0.194. The summed E-state index contributed by atoms with van der Waals surface area (Å²) in [4.78, 5) is 23.2. The molecule has 0 aromatic rings. The lowest BCUT2D eigenvalue weighted by Crippen LogP contribution is -2.39. The van der Waals surface area contributed by atoms with E-state index in [0.29, 0.717) is 6.42 Å². The molecule has 1 rings (SSSR count). The summed E-state index contributed by atoms with van der Waals surface area (Å²) >= 11 is 0. The van der Waals surface area contributed by atoms with Crippen molar-refractivity contribution in [1.29, 1.82) is 0 Å². The number of ketones is 1. The fraction of sp³-hybridized carbons (Fsp3) is 0.833. The largest absolute Gasteiger partial charge is 0.369 e. The molecule has 0 spiro atoms. The topological polar surface area (TPSA) is 60.2 Å². The molecule has 1 fully saturated rings. The molecule has 1 aliphatic rings. The van der Waals surface area contributed by atoms with Gasteiger partial charge in [0.1, 0.15) is 5.78 Å². The SMILES string of the molecule is CC(C)(CC(C)(C)C(=O)C1CC1)C(N)=O. The average Bonchev–Trinajstić information content (AvgIpc) is 2.82. The Morgan fingerprint density at radius 3 is 1.93 bits per heavy atom. The van der Waals surface area contributed by atoms with Crippen molar-refractivity contribution in [1.82, 2.24) is 0 Å². The zero-order valence-electron chi connectivity index (χ0n) is 10.1. The highest BCUT2D eigenvalue weighted by Gasteiger charge is 2.43. The first-order valence-electron chi connectivity index (χ1n) is 5.51. The van der Waals surface area contributed by atoms with Gasteiger partial charge in [-0.25, -0.2) is 0 Å². The van der Waals surface area contributed by atoms with Crippen LogP contribution in [0.25, 0.3) is 0 Å². The van der Waals surface area contributed by atoms with Crippen LogP contribution in [0, 0.1) is 16.7 Å². The summed E-state index contributed by atoms with van der Waals surface area (Å²) in [6.07, 6.45) is 2.56. The Morgan fingerprint density at radius 2 is 1.60 bits per heavy atom. The number of Topliss-reactive ketones (excluding diaryl/α,β-unsaturated/α-hetero) is 1. The van der Waals surface area contributed by atoms with Gasteiger partial charge in [0.05, 0.1) is 0 Å². The van der Waals surface area contributed by atoms with Crippen molar-refractivity contribution in [3.8, 4) is 0 Å². The van der Waals surface area contributed by atoms with E-state index in [1.807, 2.05) is 13.8 Å². The molecule has 15 heavy (non-hydrogen) atoms. The molecule has 3 nitrogen and oxygen atoms in total. The maximum atomic E-state index is 12.0. The molecule has 0 atom stereocenters. The van der Waals surface area contributed by atoms with E-state index in [1.165, 1.54) is 0 Å². The zero-order valence-corrected chi connectivity index (χ0v) is 10.1. The molecule has 1 aliphatic carbocycles. The summed E-state index contributed by atoms with van der Waals surface area (Å²) in [5.41, 5.74) is 4.29. The normalized spacial score (nSPS) is 17.6. The minimum absolute atomic E-state index is 0.240. The standard InChI is InChI=1S/C12H21NO2/c1-11(2,9(14)8-5-6-8)7-12(3,4)10(13)15/h8H,5-7H2,1-4H3,(H2,13,15). The molecule has 0 saturated heterocycles. The molecule has 1 amide bonds. The first-order chi connectivity index (χ1) is 6.67. The Balaban J connectivity index is 2.70. The number of carbonyl (C=O) groups excluding carboxylic acids is 2. The second-order valence-corrected chi connectivity index (χ2v) is 5.95. The van der Waals surface area contributed by atoms with E-state index in [2.05, 4.69) is 0 Å². The molecule has 0 aromatic heterocycles. The first kappa shape index (κ1) is 12.2. The smallest absolute Gasteiger partial charge is 0.223 e. The number of amides is 1. The highest BCUT2D eigenvalue weighted by Crippen LogP contribution is 2.42. The molecule has 0 heterocycles. The molecule has 0 aromatic carbocycles. The van der Waals surface area contributed by atoms with Crippen molar-refractivity contribution >= 4 is 11.7 Å². The molecule has 86 valence electrons. The van der Waals surface area contributed by atoms with E-state index in [0.717, 1.165) is 12.8 Å². The minimum Gasteiger partial charge on any atom is -0.369 e. The van der Waals surface area contributed by atoms with Crippen LogP contribution >= 0.6 is 0 Å². The van der Waals surface area contributed by atoms with Crippen LogP contribution in [0.2, 0.25) is 0 Å². The van der Waals surface area contributed by atoms with Crippen LogP contribution in [-0.4, -0.2) is 11.7 Å². The lowest BCUT2D eigenvalue weighted by molar-refractivity contribution is -0.133. The molecule has 0 bridgehead atoms. The third-order valence-electron chi connectivity index (χ3n) is 3.17. The summed E-state index contributed by atoms with van der Waals surface area (Å²) in [7, 11) is 0. The van der Waals surface area contributed by atoms with Crippen LogP contribution in [0.15, 0.2) is 0 Å². The van der Waals surface area contributed by atoms with E-state index in [9.17, 15) is 9.59 Å². The molecule has 3 heteroatoms. The fourth-order valence-corrected chi connectivity index (χ4v) is 2.18. The zero-order chi connectivity index (χ0) is 11.9. The van der Waals surface area contributed by atoms with Crippen molar-refractivity contribution in [3.63, 3.8) is 0 Å². The second-order valence-electron chi connectivity index (χ2n) is 5.95. The van der Waals surface area contributed by atoms with Gasteiger partial charge in [-0.2, -0.15) is 0 Å². The van der Waals surface area contributed by atoms with Gasteiger partial charge in [0.15, 0.2) is 0 Å². The number of hydrogen-bond donors (Lipinski definition) is 1. The quantitative estimate of drug-likeness (QED) is 0.755. The molecular formula is C12H21NO2. The number of rotatable bonds is 5. The van der Waals surface area contributed by atoms with E-state index in [4.69, 9.17) is 5.73 Å². The van der Waals surface area contributed by atoms with Gasteiger partial charge in [0.25, 0.3) is 0 Å². The Morgan fingerprint density at radius 1 is 1.13 bits per heavy atom. The maximum absolute atomic E-state index is 12.0. The first-order valence-corrected chi connectivity index (χ1v) is 5.51. The van der Waals surface area contributed by atoms with Gasteiger partial charge in [-0.3, -0.25) is 9.59 Å². The van der Waals surface area contributed by atoms with Crippen molar-refractivity contribution in [2.75, 3.05) is 0 Å². The highest BCUT2D eigenvalue weighted by molar-refractivity contribution is 5.89. The van der Waals surface area contributed by atoms with Gasteiger partial charge in [-0.15, -0.1) is 0 Å². The predicted octanol–water partition coefficient (Wildman–Crippen LogP) is 1.89. The Labute approximate surface area is 91.4 Å². The Hall–Kier alpha value is -0.860. The summed E-state index contributed by atoms with van der Waals surface area (Å²) in [6.45, 7) is 7.44. The number of carbonyl (C=O) groups is 2. The summed E-state index contributed by atoms with van der Waals surface area (Å²) in [6, 6.07) is 0. The van der Waals surface area contributed by atoms with Gasteiger partial charge in [-0.1, -0.05) is 27.7 Å². The van der Waals surface area contributed by atoms with Crippen molar-refractivity contribution in [2.45, 2.75) is 47.0 Å². The van der Waals surface area contributed by atoms with Crippen LogP contribution < -0.4 is 5.73 Å². The monoisotopic (exact) mass is 211 g/mol. The van der Waals surface area contributed by atoms with Crippen molar-refractivity contribution < 1.29 is 9.59 Å². The van der Waals surface area contributed by atoms with Gasteiger partial charge in [0.2, 0.25) is 5.91 Å². The molecule has 0 aliphatic heterocycles. The van der Waals surface area contributed by atoms with E-state index >= 15 is 0 Å². The average molecular weight is 211 g/mol. The third kappa shape index (κ3) is 2.80. The third-order valence-corrected chi connectivity index (χ3v) is 3.17. The van der Waals surface area contributed by atoms with E-state index in [-0.39, 0.29) is 17.6 Å². The van der Waals surface area contributed by atoms with Gasteiger partial charge in [-0.05, 0) is 19.3 Å². The number of hydrogen-bond acceptors (Lipinski definition) is 2. The summed E-state index contributed by atoms with van der Waals surface area (Å²) in [5, 5.41) is 0. The van der Waals surface area contributed by atoms with Crippen LogP contribution in [-0.2, 0) is 9.59 Å². The van der Waals surface area contributed by atoms with Gasteiger partial charge < -0.3 is 5.73 Å². The highest BCUT2D eigenvalue weighted by atomic mass is 16.1. The predicted molar refractivity (Wildman–Crippen MR) is 59.1 cm³/mol. The van der Waals surface area contributed by atoms with Crippen LogP contribution in [0.3, 0.4) is 0 Å². The lowest BCUT2D eigenvalue weighted by Gasteiger charge is -2.31. The van der Waals surface area contributed by atoms with Crippen LogP contribution in [0.5, 0.6) is 0 Å². The Bertz CT molecular complexity index is 288.